The number of ether oxygens (including phenoxy) is 1. The number of sulfonamides is 1. The van der Waals surface area contributed by atoms with Gasteiger partial charge in [0.2, 0.25) is 15.9 Å². The first kappa shape index (κ1) is 18.7. The maximum absolute atomic E-state index is 12.3. The average molecular weight is 355 g/mol. The van der Waals surface area contributed by atoms with Crippen molar-refractivity contribution in [2.24, 2.45) is 0 Å². The SMILES string of the molecule is COc1ccc(C)cc1NC(=O)CCS(=O)(=O)N1CCN(C)CC1. The predicted octanol–water partition coefficient (Wildman–Crippen LogP) is 0.909. The second-order valence-electron chi connectivity index (χ2n) is 6.02. The lowest BCUT2D eigenvalue weighted by Gasteiger charge is -2.31. The number of rotatable bonds is 6. The zero-order chi connectivity index (χ0) is 17.7. The maximum Gasteiger partial charge on any atom is 0.225 e. The molecule has 7 nitrogen and oxygen atoms in total. The number of hydrogen-bond donors (Lipinski definition) is 1. The number of nitrogens with zero attached hydrogens (tertiary/aromatic N) is 2. The number of nitrogens with one attached hydrogen (secondary N) is 1. The van der Waals surface area contributed by atoms with Crippen LogP contribution in [0.15, 0.2) is 18.2 Å². The molecule has 1 N–H and O–H groups in total. The van der Waals surface area contributed by atoms with Crippen LogP contribution in [-0.4, -0.2) is 69.6 Å². The number of methoxy groups -OCH3 is 1. The molecule has 1 heterocycles. The van der Waals surface area contributed by atoms with Crippen molar-refractivity contribution in [2.45, 2.75) is 13.3 Å². The number of piperazine rings is 1. The summed E-state index contributed by atoms with van der Waals surface area (Å²) in [6.45, 7) is 4.29. The van der Waals surface area contributed by atoms with Crippen molar-refractivity contribution < 1.29 is 17.9 Å². The largest absolute Gasteiger partial charge is 0.495 e. The third kappa shape index (κ3) is 4.93. The summed E-state index contributed by atoms with van der Waals surface area (Å²) in [6.07, 6.45) is -0.0776. The van der Waals surface area contributed by atoms with E-state index in [0.29, 0.717) is 37.6 Å². The quantitative estimate of drug-likeness (QED) is 0.821. The van der Waals surface area contributed by atoms with Gasteiger partial charge in [0.15, 0.2) is 0 Å². The van der Waals surface area contributed by atoms with E-state index in [4.69, 9.17) is 4.74 Å². The molecule has 1 aromatic rings. The molecule has 0 aliphatic carbocycles. The number of carbonyl (C=O) groups excluding carboxylic acids is 1. The normalized spacial score (nSPS) is 16.8. The van der Waals surface area contributed by atoms with Crippen LogP contribution in [0.4, 0.5) is 5.69 Å². The molecule has 24 heavy (non-hydrogen) atoms. The Morgan fingerprint density at radius 2 is 1.92 bits per heavy atom. The third-order valence-electron chi connectivity index (χ3n) is 4.07. The number of carbonyl (C=O) groups is 1. The third-order valence-corrected chi connectivity index (χ3v) is 5.94. The Bertz CT molecular complexity index is 683. The molecule has 0 aromatic heterocycles. The van der Waals surface area contributed by atoms with Gasteiger partial charge in [-0.1, -0.05) is 6.07 Å². The standard InChI is InChI=1S/C16H25N3O4S/c1-13-4-5-15(23-3)14(12-13)17-16(20)6-11-24(21,22)19-9-7-18(2)8-10-19/h4-5,12H,6-11H2,1-3H3,(H,17,20). The van der Waals surface area contributed by atoms with Gasteiger partial charge >= 0.3 is 0 Å². The molecule has 1 aliphatic heterocycles. The number of amides is 1. The van der Waals surface area contributed by atoms with E-state index in [1.165, 1.54) is 11.4 Å². The van der Waals surface area contributed by atoms with Gasteiger partial charge in [-0.05, 0) is 31.7 Å². The van der Waals surface area contributed by atoms with E-state index in [2.05, 4.69) is 10.2 Å². The van der Waals surface area contributed by atoms with Crippen LogP contribution in [0.2, 0.25) is 0 Å². The number of anilines is 1. The van der Waals surface area contributed by atoms with Crippen molar-refractivity contribution in [3.8, 4) is 5.75 Å². The van der Waals surface area contributed by atoms with Gasteiger partial charge < -0.3 is 15.0 Å². The van der Waals surface area contributed by atoms with Gasteiger partial charge in [0.05, 0.1) is 18.6 Å². The molecule has 1 saturated heterocycles. The van der Waals surface area contributed by atoms with Crippen molar-refractivity contribution in [1.82, 2.24) is 9.21 Å². The lowest BCUT2D eigenvalue weighted by molar-refractivity contribution is -0.115. The topological polar surface area (TPSA) is 78.9 Å². The van der Waals surface area contributed by atoms with Crippen LogP contribution in [0.3, 0.4) is 0 Å². The zero-order valence-corrected chi connectivity index (χ0v) is 15.2. The van der Waals surface area contributed by atoms with Crippen LogP contribution in [0, 0.1) is 6.92 Å². The van der Waals surface area contributed by atoms with E-state index >= 15 is 0 Å². The molecule has 0 atom stereocenters. The minimum atomic E-state index is -3.40. The van der Waals surface area contributed by atoms with Crippen LogP contribution in [0.5, 0.6) is 5.75 Å². The molecular weight excluding hydrogens is 330 g/mol. The van der Waals surface area contributed by atoms with E-state index in [1.807, 2.05) is 20.0 Å². The molecule has 1 amide bonds. The molecule has 1 aliphatic rings. The summed E-state index contributed by atoms with van der Waals surface area (Å²) < 4.78 is 31.3. The van der Waals surface area contributed by atoms with Crippen LogP contribution in [-0.2, 0) is 14.8 Å². The van der Waals surface area contributed by atoms with Crippen molar-refractivity contribution in [3.05, 3.63) is 23.8 Å². The van der Waals surface area contributed by atoms with Crippen molar-refractivity contribution in [1.29, 1.82) is 0 Å². The minimum absolute atomic E-state index is 0.0776. The maximum atomic E-state index is 12.3. The molecule has 0 bridgehead atoms. The summed E-state index contributed by atoms with van der Waals surface area (Å²) >= 11 is 0. The second-order valence-corrected chi connectivity index (χ2v) is 8.11. The molecule has 2 rings (SSSR count). The fraction of sp³-hybridized carbons (Fsp3) is 0.562. The summed E-state index contributed by atoms with van der Waals surface area (Å²) in [5.74, 6) is 0.0314. The molecule has 0 spiro atoms. The first-order valence-corrected chi connectivity index (χ1v) is 9.53. The average Bonchev–Trinajstić information content (AvgIpc) is 2.54. The molecule has 0 unspecified atom stereocenters. The molecule has 1 fully saturated rings. The second kappa shape index (κ2) is 7.96. The molecule has 1 aromatic carbocycles. The molecule has 134 valence electrons. The molecule has 8 heteroatoms. The number of aryl methyl sites for hydroxylation is 1. The molecule has 0 radical (unpaired) electrons. The van der Waals surface area contributed by atoms with Gasteiger partial charge in [0, 0.05) is 32.6 Å². The van der Waals surface area contributed by atoms with E-state index in [9.17, 15) is 13.2 Å². The fourth-order valence-corrected chi connectivity index (χ4v) is 3.97. The van der Waals surface area contributed by atoms with E-state index in [-0.39, 0.29) is 18.1 Å². The molecular formula is C16H25N3O4S. The summed E-state index contributed by atoms with van der Waals surface area (Å²) in [5, 5.41) is 2.73. The van der Waals surface area contributed by atoms with E-state index in [0.717, 1.165) is 5.56 Å². The fourth-order valence-electron chi connectivity index (χ4n) is 2.55. The van der Waals surface area contributed by atoms with E-state index in [1.54, 1.807) is 12.1 Å². The van der Waals surface area contributed by atoms with Crippen LogP contribution >= 0.6 is 0 Å². The predicted molar refractivity (Wildman–Crippen MR) is 93.8 cm³/mol. The van der Waals surface area contributed by atoms with Gasteiger partial charge in [0.1, 0.15) is 5.75 Å². The monoisotopic (exact) mass is 355 g/mol. The highest BCUT2D eigenvalue weighted by Crippen LogP contribution is 2.25. The van der Waals surface area contributed by atoms with Crippen molar-refractivity contribution >= 4 is 21.6 Å². The number of hydrogen-bond acceptors (Lipinski definition) is 5. The highest BCUT2D eigenvalue weighted by molar-refractivity contribution is 7.89. The summed E-state index contributed by atoms with van der Waals surface area (Å²) in [4.78, 5) is 14.2. The van der Waals surface area contributed by atoms with Crippen LogP contribution in [0.25, 0.3) is 0 Å². The van der Waals surface area contributed by atoms with Gasteiger partial charge in [-0.3, -0.25) is 4.79 Å². The van der Waals surface area contributed by atoms with Gasteiger partial charge in [-0.15, -0.1) is 0 Å². The van der Waals surface area contributed by atoms with Gasteiger partial charge in [0.25, 0.3) is 0 Å². The van der Waals surface area contributed by atoms with Crippen molar-refractivity contribution in [2.75, 3.05) is 51.4 Å². The number of benzene rings is 1. The Morgan fingerprint density at radius 1 is 1.25 bits per heavy atom. The van der Waals surface area contributed by atoms with Crippen LogP contribution in [0.1, 0.15) is 12.0 Å². The summed E-state index contributed by atoms with van der Waals surface area (Å²) in [6, 6.07) is 5.45. The van der Waals surface area contributed by atoms with Crippen LogP contribution < -0.4 is 10.1 Å². The Labute approximate surface area is 143 Å². The van der Waals surface area contributed by atoms with Crippen molar-refractivity contribution in [3.63, 3.8) is 0 Å². The van der Waals surface area contributed by atoms with Gasteiger partial charge in [-0.2, -0.15) is 4.31 Å². The summed E-state index contributed by atoms with van der Waals surface area (Å²) in [5.41, 5.74) is 1.54. The Morgan fingerprint density at radius 3 is 2.54 bits per heavy atom. The lowest BCUT2D eigenvalue weighted by Crippen LogP contribution is -2.48. The first-order valence-electron chi connectivity index (χ1n) is 7.92. The zero-order valence-electron chi connectivity index (χ0n) is 14.4. The smallest absolute Gasteiger partial charge is 0.225 e. The highest BCUT2D eigenvalue weighted by Gasteiger charge is 2.26. The Balaban J connectivity index is 1.92. The number of likely N-dealkylation sites (N-methyl/N-ethyl adjacent to an activating group) is 1. The van der Waals surface area contributed by atoms with Gasteiger partial charge in [-0.25, -0.2) is 8.42 Å². The minimum Gasteiger partial charge on any atom is -0.495 e. The highest BCUT2D eigenvalue weighted by atomic mass is 32.2. The summed E-state index contributed by atoms with van der Waals surface area (Å²) in [7, 11) is 0.0875. The Hall–Kier alpha value is -1.64. The molecule has 0 saturated carbocycles. The first-order chi connectivity index (χ1) is 11.3. The lowest BCUT2D eigenvalue weighted by atomic mass is 10.2. The Kier molecular flexibility index (Phi) is 6.20. The van der Waals surface area contributed by atoms with E-state index < -0.39 is 10.0 Å².